The lowest BCUT2D eigenvalue weighted by atomic mass is 9.85. The first kappa shape index (κ1) is 35.3. The zero-order valence-electron chi connectivity index (χ0n) is 26.9. The van der Waals surface area contributed by atoms with Gasteiger partial charge in [-0.05, 0) is 52.1 Å². The molecule has 0 aromatic heterocycles. The molecule has 0 saturated carbocycles. The lowest BCUT2D eigenvalue weighted by Crippen LogP contribution is -2.11. The molecular formula is C41H43NO4. The maximum absolute atomic E-state index is 12.2. The molecule has 46 heavy (non-hydrogen) atoms. The Morgan fingerprint density at radius 3 is 1.57 bits per heavy atom. The van der Waals surface area contributed by atoms with Gasteiger partial charge < -0.3 is 10.2 Å². The number of hydrogen-bond donors (Lipinski definition) is 2. The monoisotopic (exact) mass is 613 g/mol. The van der Waals surface area contributed by atoms with Gasteiger partial charge in [-0.25, -0.2) is 9.59 Å². The molecule has 4 rings (SSSR count). The van der Waals surface area contributed by atoms with Crippen molar-refractivity contribution in [1.82, 2.24) is 0 Å². The van der Waals surface area contributed by atoms with Gasteiger partial charge in [0, 0.05) is 11.1 Å². The van der Waals surface area contributed by atoms with E-state index in [1.54, 1.807) is 0 Å². The molecule has 0 bridgehead atoms. The van der Waals surface area contributed by atoms with Gasteiger partial charge >= 0.3 is 11.9 Å². The summed E-state index contributed by atoms with van der Waals surface area (Å²) in [5.74, 6) is -1.60. The number of carboxylic acid groups (broad SMARTS) is 2. The molecule has 5 heteroatoms. The Balaban J connectivity index is 0.000000254. The van der Waals surface area contributed by atoms with E-state index in [1.807, 2.05) is 128 Å². The molecule has 0 aliphatic heterocycles. The molecule has 0 radical (unpaired) electrons. The fraction of sp³-hybridized carbons (Fsp3) is 0.244. The van der Waals surface area contributed by atoms with Crippen molar-refractivity contribution in [3.05, 3.63) is 154 Å². The van der Waals surface area contributed by atoms with Crippen LogP contribution < -0.4 is 0 Å². The second-order valence-electron chi connectivity index (χ2n) is 11.1. The zero-order chi connectivity index (χ0) is 33.3. The van der Waals surface area contributed by atoms with E-state index >= 15 is 0 Å². The molecule has 236 valence electrons. The van der Waals surface area contributed by atoms with Crippen molar-refractivity contribution in [1.29, 1.82) is 5.26 Å². The van der Waals surface area contributed by atoms with Crippen molar-refractivity contribution < 1.29 is 19.8 Å². The van der Waals surface area contributed by atoms with Gasteiger partial charge in [-0.2, -0.15) is 5.26 Å². The van der Waals surface area contributed by atoms with Crippen molar-refractivity contribution in [3.8, 4) is 6.07 Å². The van der Waals surface area contributed by atoms with Gasteiger partial charge in [-0.1, -0.05) is 162 Å². The normalized spacial score (nSPS) is 11.6. The Morgan fingerprint density at radius 1 is 0.674 bits per heavy atom. The van der Waals surface area contributed by atoms with Gasteiger partial charge in [0.1, 0.15) is 11.6 Å². The number of carbonyl (C=O) groups is 2. The molecule has 4 aromatic carbocycles. The lowest BCUT2D eigenvalue weighted by molar-refractivity contribution is -0.133. The highest BCUT2D eigenvalue weighted by Crippen LogP contribution is 2.33. The van der Waals surface area contributed by atoms with Crippen molar-refractivity contribution >= 4 is 23.1 Å². The molecule has 4 aromatic rings. The number of aliphatic carboxylic acids is 2. The largest absolute Gasteiger partial charge is 0.478 e. The molecule has 0 amide bonds. The van der Waals surface area contributed by atoms with Gasteiger partial charge in [-0.15, -0.1) is 0 Å². The van der Waals surface area contributed by atoms with Crippen LogP contribution in [-0.4, -0.2) is 22.2 Å². The van der Waals surface area contributed by atoms with Crippen LogP contribution in [0.1, 0.15) is 80.7 Å². The number of hydrogen-bond acceptors (Lipinski definition) is 3. The predicted octanol–water partition coefficient (Wildman–Crippen LogP) is 9.84. The summed E-state index contributed by atoms with van der Waals surface area (Å²) >= 11 is 0. The Labute approximate surface area is 273 Å². The van der Waals surface area contributed by atoms with Crippen molar-refractivity contribution in [2.24, 2.45) is 5.92 Å². The van der Waals surface area contributed by atoms with Crippen LogP contribution in [0, 0.1) is 17.2 Å². The van der Waals surface area contributed by atoms with Gasteiger partial charge in [-0.3, -0.25) is 0 Å². The third kappa shape index (κ3) is 9.64. The van der Waals surface area contributed by atoms with Crippen molar-refractivity contribution in [2.45, 2.75) is 59.3 Å². The van der Waals surface area contributed by atoms with Crippen LogP contribution in [0.15, 0.2) is 126 Å². The third-order valence-corrected chi connectivity index (χ3v) is 8.03. The second kappa shape index (κ2) is 18.6. The number of nitrogens with zero attached hydrogens (tertiary/aromatic N) is 1. The minimum atomic E-state index is -1.21. The first-order valence-electron chi connectivity index (χ1n) is 15.9. The van der Waals surface area contributed by atoms with E-state index in [-0.39, 0.29) is 5.57 Å². The van der Waals surface area contributed by atoms with Gasteiger partial charge in [0.05, 0.1) is 0 Å². The molecule has 0 fully saturated rings. The Bertz CT molecular complexity index is 1620. The van der Waals surface area contributed by atoms with E-state index in [0.717, 1.165) is 65.5 Å². The summed E-state index contributed by atoms with van der Waals surface area (Å²) < 4.78 is 0. The molecule has 1 unspecified atom stereocenters. The first-order chi connectivity index (χ1) is 22.4. The SMILES string of the molecule is CCCCC(CC)CC(C(=O)O)=C(c1ccccc1)c1ccccc1.CCc1ccccc1C(=C(C#N)C(=O)O)c1ccccc1. The second-order valence-corrected chi connectivity index (χ2v) is 11.1. The first-order valence-corrected chi connectivity index (χ1v) is 15.9. The fourth-order valence-corrected chi connectivity index (χ4v) is 5.58. The van der Waals surface area contributed by atoms with E-state index < -0.39 is 11.9 Å². The van der Waals surface area contributed by atoms with Crippen LogP contribution in [0.4, 0.5) is 0 Å². The number of nitriles is 1. The quantitative estimate of drug-likeness (QED) is 0.116. The van der Waals surface area contributed by atoms with Gasteiger partial charge in [0.15, 0.2) is 0 Å². The standard InChI is InChI=1S/C23H28O2.C18H15NO2/c1-3-5-12-18(4-2)17-21(23(24)25)22(19-13-8-6-9-14-19)20-15-10-7-11-16-20;1-2-13-8-6-7-11-15(13)17(16(12-19)18(20)21)14-9-4-3-5-10-14/h6-11,13-16,18H,3-5,12,17H2,1-2H3,(H,24,25);3-11H,2H2,1H3,(H,20,21). The molecule has 0 aliphatic carbocycles. The topological polar surface area (TPSA) is 98.4 Å². The minimum absolute atomic E-state index is 0.234. The third-order valence-electron chi connectivity index (χ3n) is 8.03. The van der Waals surface area contributed by atoms with Crippen LogP contribution in [0.2, 0.25) is 0 Å². The highest BCUT2D eigenvalue weighted by atomic mass is 16.4. The van der Waals surface area contributed by atoms with E-state index in [4.69, 9.17) is 0 Å². The smallest absolute Gasteiger partial charge is 0.347 e. The molecule has 2 N–H and O–H groups in total. The van der Waals surface area contributed by atoms with Crippen LogP contribution in [-0.2, 0) is 16.0 Å². The maximum Gasteiger partial charge on any atom is 0.347 e. The van der Waals surface area contributed by atoms with E-state index in [2.05, 4.69) is 13.8 Å². The van der Waals surface area contributed by atoms with E-state index in [1.165, 1.54) is 0 Å². The maximum atomic E-state index is 12.2. The van der Waals surface area contributed by atoms with Crippen LogP contribution in [0.25, 0.3) is 11.1 Å². The number of benzene rings is 4. The summed E-state index contributed by atoms with van der Waals surface area (Å²) in [5.41, 5.74) is 6.11. The Morgan fingerprint density at radius 2 is 1.15 bits per heavy atom. The van der Waals surface area contributed by atoms with Crippen LogP contribution >= 0.6 is 0 Å². The summed E-state index contributed by atoms with van der Waals surface area (Å²) in [6.45, 7) is 6.35. The predicted molar refractivity (Wildman–Crippen MR) is 186 cm³/mol. The molecule has 0 saturated heterocycles. The highest BCUT2D eigenvalue weighted by molar-refractivity contribution is 6.04. The average Bonchev–Trinajstić information content (AvgIpc) is 3.09. The minimum Gasteiger partial charge on any atom is -0.478 e. The Kier molecular flexibility index (Phi) is 14.2. The molecule has 0 heterocycles. The summed E-state index contributed by atoms with van der Waals surface area (Å²) in [5, 5.41) is 28.6. The number of unbranched alkanes of at least 4 members (excludes halogenated alkanes) is 1. The van der Waals surface area contributed by atoms with E-state index in [9.17, 15) is 25.1 Å². The zero-order valence-corrected chi connectivity index (χ0v) is 26.9. The van der Waals surface area contributed by atoms with Crippen LogP contribution in [0.5, 0.6) is 0 Å². The number of aryl methyl sites for hydroxylation is 1. The summed E-state index contributed by atoms with van der Waals surface area (Å²) in [4.78, 5) is 23.6. The van der Waals surface area contributed by atoms with Crippen molar-refractivity contribution in [2.75, 3.05) is 0 Å². The molecular weight excluding hydrogens is 570 g/mol. The molecule has 0 aliphatic rings. The van der Waals surface area contributed by atoms with Crippen molar-refractivity contribution in [3.63, 3.8) is 0 Å². The number of rotatable bonds is 13. The lowest BCUT2D eigenvalue weighted by Gasteiger charge is -2.19. The van der Waals surface area contributed by atoms with E-state index in [0.29, 0.717) is 23.5 Å². The molecule has 0 spiro atoms. The summed E-state index contributed by atoms with van der Waals surface area (Å²) in [6, 6.07) is 38.4. The summed E-state index contributed by atoms with van der Waals surface area (Å²) in [6.07, 6.45) is 5.77. The van der Waals surface area contributed by atoms with Gasteiger partial charge in [0.25, 0.3) is 0 Å². The average molecular weight is 614 g/mol. The molecule has 5 nitrogen and oxygen atoms in total. The molecule has 1 atom stereocenters. The number of carboxylic acids is 2. The summed E-state index contributed by atoms with van der Waals surface area (Å²) in [7, 11) is 0. The van der Waals surface area contributed by atoms with Gasteiger partial charge in [0.2, 0.25) is 0 Å². The highest BCUT2D eigenvalue weighted by Gasteiger charge is 2.21. The van der Waals surface area contributed by atoms with Crippen LogP contribution in [0.3, 0.4) is 0 Å². The fourth-order valence-electron chi connectivity index (χ4n) is 5.58. The Hall–Kier alpha value is -5.21.